The van der Waals surface area contributed by atoms with Crippen molar-refractivity contribution in [1.29, 1.82) is 0 Å². The van der Waals surface area contributed by atoms with Gasteiger partial charge in [0.25, 0.3) is 5.56 Å². The molecule has 0 unspecified atom stereocenters. The van der Waals surface area contributed by atoms with Crippen LogP contribution in [0, 0.1) is 11.8 Å². The Morgan fingerprint density at radius 2 is 1.82 bits per heavy atom. The smallest absolute Gasteiger partial charge is 0.342 e. The number of amides is 2. The first kappa shape index (κ1) is 22.8. The molecular formula is C22H24F3N5O3. The number of hydrogen-bond donors (Lipinski definition) is 3. The van der Waals surface area contributed by atoms with Crippen molar-refractivity contribution in [2.75, 3.05) is 28.6 Å². The zero-order valence-corrected chi connectivity index (χ0v) is 18.1. The van der Waals surface area contributed by atoms with Crippen LogP contribution in [0.5, 0.6) is 0 Å². The number of benzene rings is 1. The first-order chi connectivity index (χ1) is 15.5. The van der Waals surface area contributed by atoms with Crippen molar-refractivity contribution in [3.63, 3.8) is 0 Å². The molecule has 2 amide bonds. The molecule has 4 rings (SSSR count). The van der Waals surface area contributed by atoms with Crippen molar-refractivity contribution in [3.05, 3.63) is 45.7 Å². The Balaban J connectivity index is 1.66. The molecule has 0 saturated carbocycles. The SMILES string of the molecule is C[C@H]1C[C@H](C)CN(c2nc3c(c(=O)[nH]2)[C@@H](C(=O)Nc2ccccc2C(F)(F)F)CC(=O)N3)C1. The highest BCUT2D eigenvalue weighted by molar-refractivity contribution is 6.04. The Bertz CT molecular complexity index is 1140. The number of H-pyrrole nitrogens is 1. The third-order valence-electron chi connectivity index (χ3n) is 5.91. The lowest BCUT2D eigenvalue weighted by molar-refractivity contribution is -0.137. The fraction of sp³-hybridized carbons (Fsp3) is 0.455. The number of halogens is 3. The van der Waals surface area contributed by atoms with E-state index in [9.17, 15) is 27.6 Å². The second kappa shape index (κ2) is 8.53. The van der Waals surface area contributed by atoms with Crippen LogP contribution in [0.25, 0.3) is 0 Å². The number of para-hydroxylation sites is 1. The summed E-state index contributed by atoms with van der Waals surface area (Å²) in [5.41, 5.74) is -2.14. The van der Waals surface area contributed by atoms with Crippen molar-refractivity contribution in [1.82, 2.24) is 9.97 Å². The Labute approximate surface area is 187 Å². The molecule has 1 fully saturated rings. The standard InChI is InChI=1S/C22H24F3N5O3/c1-11-7-12(2)10-30(9-11)21-28-18-17(20(33)29-21)13(8-16(31)27-18)19(32)26-15-6-4-3-5-14(15)22(23,24)25/h3-6,11-13H,7-10H2,1-2H3,(H,26,32)(H2,27,28,29,31,33)/t11-,12-,13-/m0/s1. The number of alkyl halides is 3. The largest absolute Gasteiger partial charge is 0.418 e. The van der Waals surface area contributed by atoms with E-state index in [1.807, 2.05) is 4.90 Å². The maximum absolute atomic E-state index is 13.3. The average molecular weight is 463 g/mol. The molecule has 33 heavy (non-hydrogen) atoms. The van der Waals surface area contributed by atoms with Gasteiger partial charge < -0.3 is 15.5 Å². The highest BCUT2D eigenvalue weighted by Gasteiger charge is 2.38. The summed E-state index contributed by atoms with van der Waals surface area (Å²) in [6.45, 7) is 5.55. The molecule has 3 heterocycles. The van der Waals surface area contributed by atoms with Crippen LogP contribution in [0.1, 0.15) is 43.7 Å². The minimum Gasteiger partial charge on any atom is -0.342 e. The number of fused-ring (bicyclic) bond motifs is 1. The van der Waals surface area contributed by atoms with Crippen molar-refractivity contribution >= 4 is 29.3 Å². The van der Waals surface area contributed by atoms with Gasteiger partial charge in [-0.2, -0.15) is 18.2 Å². The zero-order valence-electron chi connectivity index (χ0n) is 18.1. The first-order valence-electron chi connectivity index (χ1n) is 10.7. The molecule has 1 aromatic carbocycles. The number of hydrogen-bond acceptors (Lipinski definition) is 5. The molecule has 0 spiro atoms. The Morgan fingerprint density at radius 1 is 1.15 bits per heavy atom. The van der Waals surface area contributed by atoms with Gasteiger partial charge in [0.1, 0.15) is 5.82 Å². The lowest BCUT2D eigenvalue weighted by Gasteiger charge is -2.35. The fourth-order valence-corrected chi connectivity index (χ4v) is 4.63. The number of carbonyl (C=O) groups excluding carboxylic acids is 2. The van der Waals surface area contributed by atoms with E-state index >= 15 is 0 Å². The molecule has 176 valence electrons. The molecule has 2 aliphatic heterocycles. The van der Waals surface area contributed by atoms with E-state index in [0.717, 1.165) is 18.6 Å². The highest BCUT2D eigenvalue weighted by atomic mass is 19.4. The van der Waals surface area contributed by atoms with Gasteiger partial charge in [0.05, 0.1) is 22.7 Å². The summed E-state index contributed by atoms with van der Waals surface area (Å²) in [7, 11) is 0. The van der Waals surface area contributed by atoms with Crippen LogP contribution in [0.3, 0.4) is 0 Å². The van der Waals surface area contributed by atoms with Gasteiger partial charge in [-0.05, 0) is 30.4 Å². The van der Waals surface area contributed by atoms with Gasteiger partial charge in [0.2, 0.25) is 17.8 Å². The van der Waals surface area contributed by atoms with Crippen molar-refractivity contribution in [2.45, 2.75) is 38.8 Å². The summed E-state index contributed by atoms with van der Waals surface area (Å²) in [5, 5.41) is 4.77. The predicted octanol–water partition coefficient (Wildman–Crippen LogP) is 3.34. The molecule has 1 saturated heterocycles. The van der Waals surface area contributed by atoms with E-state index in [-0.39, 0.29) is 17.8 Å². The van der Waals surface area contributed by atoms with E-state index in [0.29, 0.717) is 30.9 Å². The normalized spacial score (nSPS) is 23.0. The number of aromatic nitrogens is 2. The van der Waals surface area contributed by atoms with Crippen LogP contribution in [-0.2, 0) is 15.8 Å². The van der Waals surface area contributed by atoms with E-state index in [1.165, 1.54) is 12.1 Å². The molecule has 2 aliphatic rings. The number of nitrogens with zero attached hydrogens (tertiary/aromatic N) is 2. The van der Waals surface area contributed by atoms with E-state index in [4.69, 9.17) is 0 Å². The van der Waals surface area contributed by atoms with Crippen molar-refractivity contribution in [3.8, 4) is 0 Å². The van der Waals surface area contributed by atoms with E-state index < -0.39 is 40.7 Å². The van der Waals surface area contributed by atoms with Gasteiger partial charge in [-0.25, -0.2) is 0 Å². The van der Waals surface area contributed by atoms with E-state index in [1.54, 1.807) is 0 Å². The number of piperidine rings is 1. The Morgan fingerprint density at radius 3 is 2.48 bits per heavy atom. The molecule has 0 aliphatic carbocycles. The average Bonchev–Trinajstić information content (AvgIpc) is 2.71. The van der Waals surface area contributed by atoms with Crippen LogP contribution in [0.15, 0.2) is 29.1 Å². The Hall–Kier alpha value is -3.37. The van der Waals surface area contributed by atoms with E-state index in [2.05, 4.69) is 34.4 Å². The molecular weight excluding hydrogens is 439 g/mol. The molecule has 1 aromatic heterocycles. The molecule has 3 atom stereocenters. The van der Waals surface area contributed by atoms with Crippen LogP contribution in [0.2, 0.25) is 0 Å². The minimum atomic E-state index is -4.68. The quantitative estimate of drug-likeness (QED) is 0.647. The fourth-order valence-electron chi connectivity index (χ4n) is 4.63. The number of aromatic amines is 1. The van der Waals surface area contributed by atoms with Gasteiger partial charge in [-0.15, -0.1) is 0 Å². The van der Waals surface area contributed by atoms with Crippen LogP contribution in [0.4, 0.5) is 30.6 Å². The monoisotopic (exact) mass is 463 g/mol. The number of nitrogens with one attached hydrogen (secondary N) is 3. The number of rotatable bonds is 3. The third kappa shape index (κ3) is 4.71. The van der Waals surface area contributed by atoms with Crippen molar-refractivity contribution < 1.29 is 22.8 Å². The first-order valence-corrected chi connectivity index (χ1v) is 10.7. The minimum absolute atomic E-state index is 0.0415. The van der Waals surface area contributed by atoms with Crippen LogP contribution >= 0.6 is 0 Å². The summed E-state index contributed by atoms with van der Waals surface area (Å²) >= 11 is 0. The summed E-state index contributed by atoms with van der Waals surface area (Å²) < 4.78 is 39.9. The molecule has 11 heteroatoms. The second-order valence-corrected chi connectivity index (χ2v) is 8.84. The van der Waals surface area contributed by atoms with Gasteiger partial charge in [0, 0.05) is 19.5 Å². The maximum atomic E-state index is 13.3. The Kier molecular flexibility index (Phi) is 5.89. The van der Waals surface area contributed by atoms with Crippen molar-refractivity contribution in [2.24, 2.45) is 11.8 Å². The van der Waals surface area contributed by atoms with Crippen LogP contribution < -0.4 is 21.1 Å². The predicted molar refractivity (Wildman–Crippen MR) is 116 cm³/mol. The van der Waals surface area contributed by atoms with Gasteiger partial charge >= 0.3 is 6.18 Å². The third-order valence-corrected chi connectivity index (χ3v) is 5.91. The molecule has 8 nitrogen and oxygen atoms in total. The summed E-state index contributed by atoms with van der Waals surface area (Å²) in [4.78, 5) is 47.2. The summed E-state index contributed by atoms with van der Waals surface area (Å²) in [6, 6.07) is 4.53. The lowest BCUT2D eigenvalue weighted by atomic mass is 9.91. The summed E-state index contributed by atoms with van der Waals surface area (Å²) in [6.07, 6.45) is -4.01. The topological polar surface area (TPSA) is 107 Å². The zero-order chi connectivity index (χ0) is 23.9. The number of carbonyl (C=O) groups is 2. The second-order valence-electron chi connectivity index (χ2n) is 8.84. The molecule has 3 N–H and O–H groups in total. The van der Waals surface area contributed by atoms with Gasteiger partial charge in [-0.3, -0.25) is 19.4 Å². The number of anilines is 3. The van der Waals surface area contributed by atoms with Gasteiger partial charge in [-0.1, -0.05) is 26.0 Å². The highest BCUT2D eigenvalue weighted by Crippen LogP contribution is 2.36. The lowest BCUT2D eigenvalue weighted by Crippen LogP contribution is -2.42. The molecule has 0 bridgehead atoms. The van der Waals surface area contributed by atoms with Crippen LogP contribution in [-0.4, -0.2) is 34.9 Å². The summed E-state index contributed by atoms with van der Waals surface area (Å²) in [5.74, 6) is -1.69. The van der Waals surface area contributed by atoms with Gasteiger partial charge in [0.15, 0.2) is 0 Å². The maximum Gasteiger partial charge on any atom is 0.418 e. The molecule has 2 aromatic rings. The molecule has 0 radical (unpaired) electrons.